The lowest BCUT2D eigenvalue weighted by Gasteiger charge is -2.12. The number of hydrogen-bond donors (Lipinski definition) is 1. The minimum absolute atomic E-state index is 0.110. The van der Waals surface area contributed by atoms with E-state index >= 15 is 0 Å². The maximum absolute atomic E-state index is 12.0. The molecule has 0 unspecified atom stereocenters. The maximum atomic E-state index is 12.0. The van der Waals surface area contributed by atoms with Gasteiger partial charge >= 0.3 is 0 Å². The van der Waals surface area contributed by atoms with Gasteiger partial charge in [0.25, 0.3) is 0 Å². The molecule has 2 aromatic carbocycles. The molecule has 0 spiro atoms. The fourth-order valence-electron chi connectivity index (χ4n) is 2.17. The van der Waals surface area contributed by atoms with Crippen molar-refractivity contribution in [3.8, 4) is 5.75 Å². The van der Waals surface area contributed by atoms with Crippen molar-refractivity contribution >= 4 is 23.2 Å². The number of benzene rings is 2. The average molecular weight is 318 g/mol. The van der Waals surface area contributed by atoms with Crippen LogP contribution in [0.1, 0.15) is 23.1 Å². The van der Waals surface area contributed by atoms with Crippen molar-refractivity contribution in [1.29, 1.82) is 0 Å². The molecule has 2 aromatic rings. The summed E-state index contributed by atoms with van der Waals surface area (Å²) < 4.78 is 5.56. The molecule has 3 nitrogen and oxygen atoms in total. The Balaban J connectivity index is 1.87. The van der Waals surface area contributed by atoms with Crippen molar-refractivity contribution in [2.24, 2.45) is 0 Å². The molecule has 0 saturated heterocycles. The predicted octanol–water partition coefficient (Wildman–Crippen LogP) is 4.67. The highest BCUT2D eigenvalue weighted by Gasteiger charge is 2.09. The van der Waals surface area contributed by atoms with E-state index in [1.807, 2.05) is 57.2 Å². The minimum atomic E-state index is -0.110. The van der Waals surface area contributed by atoms with Crippen LogP contribution in [0.5, 0.6) is 5.75 Å². The summed E-state index contributed by atoms with van der Waals surface area (Å²) in [6.45, 7) is 6.25. The molecule has 1 N–H and O–H groups in total. The number of anilines is 1. The molecule has 0 heterocycles. The standard InChI is InChI=1S/C18H20ClNO2/c1-12-4-6-15(7-5-12)22-9-8-17(21)20-18-14(3)10-13(2)11-16(18)19/h4-7,10-11H,8-9H2,1-3H3,(H,20,21). The smallest absolute Gasteiger partial charge is 0.227 e. The second-order valence-electron chi connectivity index (χ2n) is 5.40. The highest BCUT2D eigenvalue weighted by Crippen LogP contribution is 2.27. The minimum Gasteiger partial charge on any atom is -0.493 e. The van der Waals surface area contributed by atoms with Crippen LogP contribution in [0, 0.1) is 20.8 Å². The lowest BCUT2D eigenvalue weighted by Crippen LogP contribution is -2.16. The molecule has 22 heavy (non-hydrogen) atoms. The first-order chi connectivity index (χ1) is 10.5. The van der Waals surface area contributed by atoms with Crippen molar-refractivity contribution in [3.05, 3.63) is 58.1 Å². The van der Waals surface area contributed by atoms with Crippen LogP contribution in [-0.2, 0) is 4.79 Å². The second kappa shape index (κ2) is 7.32. The Morgan fingerprint density at radius 2 is 1.77 bits per heavy atom. The van der Waals surface area contributed by atoms with Crippen LogP contribution >= 0.6 is 11.6 Å². The molecule has 1 amide bonds. The molecule has 4 heteroatoms. The Hall–Kier alpha value is -2.00. The number of amides is 1. The molecule has 0 aromatic heterocycles. The van der Waals surface area contributed by atoms with Gasteiger partial charge in [0.2, 0.25) is 5.91 Å². The van der Waals surface area contributed by atoms with Crippen molar-refractivity contribution in [2.75, 3.05) is 11.9 Å². The zero-order valence-corrected chi connectivity index (χ0v) is 13.8. The molecular formula is C18H20ClNO2. The normalized spacial score (nSPS) is 10.4. The lowest BCUT2D eigenvalue weighted by atomic mass is 10.1. The van der Waals surface area contributed by atoms with Gasteiger partial charge in [-0.25, -0.2) is 0 Å². The Kier molecular flexibility index (Phi) is 5.45. The van der Waals surface area contributed by atoms with E-state index in [9.17, 15) is 4.79 Å². The van der Waals surface area contributed by atoms with Gasteiger partial charge < -0.3 is 10.1 Å². The Labute approximate surface area is 136 Å². The van der Waals surface area contributed by atoms with Crippen LogP contribution < -0.4 is 10.1 Å². The summed E-state index contributed by atoms with van der Waals surface area (Å²) in [5, 5.41) is 3.41. The highest BCUT2D eigenvalue weighted by molar-refractivity contribution is 6.34. The van der Waals surface area contributed by atoms with E-state index in [0.29, 0.717) is 17.3 Å². The summed E-state index contributed by atoms with van der Waals surface area (Å²) in [6.07, 6.45) is 0.275. The predicted molar refractivity (Wildman–Crippen MR) is 90.8 cm³/mol. The van der Waals surface area contributed by atoms with Gasteiger partial charge in [-0.3, -0.25) is 4.79 Å². The topological polar surface area (TPSA) is 38.3 Å². The maximum Gasteiger partial charge on any atom is 0.227 e. The number of halogens is 1. The first-order valence-electron chi connectivity index (χ1n) is 7.22. The zero-order chi connectivity index (χ0) is 16.1. The monoisotopic (exact) mass is 317 g/mol. The fraction of sp³-hybridized carbons (Fsp3) is 0.278. The van der Waals surface area contributed by atoms with E-state index in [0.717, 1.165) is 16.9 Å². The van der Waals surface area contributed by atoms with Crippen molar-refractivity contribution in [2.45, 2.75) is 27.2 Å². The molecule has 0 aliphatic rings. The van der Waals surface area contributed by atoms with Gasteiger partial charge in [-0.15, -0.1) is 0 Å². The molecule has 0 aliphatic carbocycles. The Morgan fingerprint density at radius 1 is 1.09 bits per heavy atom. The fourth-order valence-corrected chi connectivity index (χ4v) is 2.54. The van der Waals surface area contributed by atoms with Crippen LogP contribution in [0.15, 0.2) is 36.4 Å². The van der Waals surface area contributed by atoms with Crippen LogP contribution in [0.25, 0.3) is 0 Å². The lowest BCUT2D eigenvalue weighted by molar-refractivity contribution is -0.116. The SMILES string of the molecule is Cc1ccc(OCCC(=O)Nc2c(C)cc(C)cc2Cl)cc1. The third kappa shape index (κ3) is 4.50. The summed E-state index contributed by atoms with van der Waals surface area (Å²) in [6, 6.07) is 11.6. The van der Waals surface area contributed by atoms with E-state index in [1.54, 1.807) is 0 Å². The van der Waals surface area contributed by atoms with Crippen LogP contribution in [0.3, 0.4) is 0 Å². The summed E-state index contributed by atoms with van der Waals surface area (Å²) in [4.78, 5) is 12.0. The first-order valence-corrected chi connectivity index (χ1v) is 7.59. The van der Waals surface area contributed by atoms with E-state index in [2.05, 4.69) is 5.32 Å². The summed E-state index contributed by atoms with van der Waals surface area (Å²) in [5.41, 5.74) is 3.88. The van der Waals surface area contributed by atoms with Gasteiger partial charge in [-0.05, 0) is 50.1 Å². The number of aryl methyl sites for hydroxylation is 3. The van der Waals surface area contributed by atoms with Crippen molar-refractivity contribution < 1.29 is 9.53 Å². The summed E-state index contributed by atoms with van der Waals surface area (Å²) in [5.74, 6) is 0.656. The van der Waals surface area contributed by atoms with Gasteiger partial charge in [0.15, 0.2) is 0 Å². The Morgan fingerprint density at radius 3 is 2.41 bits per heavy atom. The first kappa shape index (κ1) is 16.4. The van der Waals surface area contributed by atoms with Gasteiger partial charge in [-0.1, -0.05) is 35.4 Å². The third-order valence-electron chi connectivity index (χ3n) is 3.31. The third-order valence-corrected chi connectivity index (χ3v) is 3.61. The molecule has 0 atom stereocenters. The molecule has 0 saturated carbocycles. The number of carbonyl (C=O) groups is 1. The molecule has 0 fully saturated rings. The molecule has 0 bridgehead atoms. The van der Waals surface area contributed by atoms with E-state index in [1.165, 1.54) is 5.56 Å². The van der Waals surface area contributed by atoms with Gasteiger partial charge in [0, 0.05) is 0 Å². The quantitative estimate of drug-likeness (QED) is 0.870. The van der Waals surface area contributed by atoms with Crippen LogP contribution in [-0.4, -0.2) is 12.5 Å². The molecule has 0 radical (unpaired) electrons. The largest absolute Gasteiger partial charge is 0.493 e. The number of hydrogen-bond acceptors (Lipinski definition) is 2. The van der Waals surface area contributed by atoms with Crippen molar-refractivity contribution in [3.63, 3.8) is 0 Å². The van der Waals surface area contributed by atoms with Gasteiger partial charge in [0.05, 0.1) is 23.7 Å². The number of rotatable bonds is 5. The number of ether oxygens (including phenoxy) is 1. The Bertz CT molecular complexity index is 642. The van der Waals surface area contributed by atoms with E-state index < -0.39 is 0 Å². The molecule has 116 valence electrons. The average Bonchev–Trinajstić information content (AvgIpc) is 2.45. The van der Waals surface area contributed by atoms with Crippen LogP contribution in [0.4, 0.5) is 5.69 Å². The van der Waals surface area contributed by atoms with Crippen LogP contribution in [0.2, 0.25) is 5.02 Å². The van der Waals surface area contributed by atoms with Gasteiger partial charge in [0.1, 0.15) is 5.75 Å². The summed E-state index contributed by atoms with van der Waals surface area (Å²) in [7, 11) is 0. The summed E-state index contributed by atoms with van der Waals surface area (Å²) >= 11 is 6.18. The zero-order valence-electron chi connectivity index (χ0n) is 13.1. The van der Waals surface area contributed by atoms with E-state index in [-0.39, 0.29) is 12.3 Å². The molecular weight excluding hydrogens is 298 g/mol. The second-order valence-corrected chi connectivity index (χ2v) is 5.81. The van der Waals surface area contributed by atoms with Crippen molar-refractivity contribution in [1.82, 2.24) is 0 Å². The van der Waals surface area contributed by atoms with E-state index in [4.69, 9.17) is 16.3 Å². The number of carbonyl (C=O) groups excluding carboxylic acids is 1. The van der Waals surface area contributed by atoms with Gasteiger partial charge in [-0.2, -0.15) is 0 Å². The number of nitrogens with one attached hydrogen (secondary N) is 1. The molecule has 2 rings (SSSR count). The molecule has 0 aliphatic heterocycles. The highest BCUT2D eigenvalue weighted by atomic mass is 35.5.